The van der Waals surface area contributed by atoms with Crippen LogP contribution < -0.4 is 9.47 Å². The summed E-state index contributed by atoms with van der Waals surface area (Å²) in [6, 6.07) is 4.17. The monoisotopic (exact) mass is 666 g/mol. The van der Waals surface area contributed by atoms with E-state index in [4.69, 9.17) is 23.7 Å². The van der Waals surface area contributed by atoms with E-state index >= 15 is 0 Å². The van der Waals surface area contributed by atoms with E-state index in [1.807, 2.05) is 32.9 Å². The van der Waals surface area contributed by atoms with Crippen LogP contribution in [0.2, 0.25) is 0 Å². The van der Waals surface area contributed by atoms with Gasteiger partial charge in [-0.25, -0.2) is 4.79 Å². The Labute approximate surface area is 287 Å². The van der Waals surface area contributed by atoms with Gasteiger partial charge in [-0.3, -0.25) is 4.90 Å². The highest BCUT2D eigenvalue weighted by molar-refractivity contribution is 5.69. The first-order valence-corrected chi connectivity index (χ1v) is 18.4. The Bertz CT molecular complexity index is 1390. The lowest BCUT2D eigenvalue weighted by molar-refractivity contribution is -0.159. The smallest absolute Gasteiger partial charge is 0.410 e. The van der Waals surface area contributed by atoms with E-state index in [1.165, 1.54) is 30.4 Å². The molecule has 5 aliphatic carbocycles. The third-order valence-corrected chi connectivity index (χ3v) is 12.2. The normalized spacial score (nSPS) is 36.3. The van der Waals surface area contributed by atoms with Gasteiger partial charge in [-0.2, -0.15) is 0 Å². The van der Waals surface area contributed by atoms with Crippen molar-refractivity contribution in [3.63, 3.8) is 0 Å². The van der Waals surface area contributed by atoms with Crippen molar-refractivity contribution in [3.8, 4) is 11.5 Å². The van der Waals surface area contributed by atoms with Gasteiger partial charge in [0.25, 0.3) is 0 Å². The van der Waals surface area contributed by atoms with Crippen molar-refractivity contribution >= 4 is 6.09 Å². The predicted octanol–water partition coefficient (Wildman–Crippen LogP) is 6.24. The molecule has 1 spiro atoms. The van der Waals surface area contributed by atoms with Gasteiger partial charge in [0.1, 0.15) is 11.7 Å². The molecular formula is C39H58N2O7. The lowest BCUT2D eigenvalue weighted by Gasteiger charge is -2.67. The van der Waals surface area contributed by atoms with Crippen LogP contribution in [0.25, 0.3) is 0 Å². The SMILES string of the molecule is COc1ccc2c3c1O[C@H]1C[C@@H](O)C=C[C@@]31CCN(CCOCCOCCN(C(=O)OC(C)(C)C)C13CC4C[C@@](C)(C1)C[C@](C)(C4)C3)C2. The number of benzene rings is 1. The second-order valence-electron chi connectivity index (χ2n) is 17.7. The van der Waals surface area contributed by atoms with E-state index in [0.717, 1.165) is 56.8 Å². The zero-order valence-electron chi connectivity index (χ0n) is 30.1. The second-order valence-corrected chi connectivity index (χ2v) is 17.7. The van der Waals surface area contributed by atoms with Crippen LogP contribution in [0.15, 0.2) is 24.3 Å². The summed E-state index contributed by atoms with van der Waals surface area (Å²) < 4.78 is 30.3. The molecule has 7 aliphatic rings. The summed E-state index contributed by atoms with van der Waals surface area (Å²) in [5, 5.41) is 10.4. The Morgan fingerprint density at radius 1 is 1.04 bits per heavy atom. The minimum atomic E-state index is -0.534. The summed E-state index contributed by atoms with van der Waals surface area (Å²) >= 11 is 0. The highest BCUT2D eigenvalue weighted by atomic mass is 16.6. The molecule has 0 saturated heterocycles. The van der Waals surface area contributed by atoms with Gasteiger partial charge in [0.2, 0.25) is 0 Å². The van der Waals surface area contributed by atoms with Crippen molar-refractivity contribution in [1.29, 1.82) is 0 Å². The molecule has 2 unspecified atom stereocenters. The zero-order valence-corrected chi connectivity index (χ0v) is 30.1. The van der Waals surface area contributed by atoms with Crippen molar-refractivity contribution in [2.24, 2.45) is 16.7 Å². The molecular weight excluding hydrogens is 608 g/mol. The number of hydrogen-bond acceptors (Lipinski definition) is 8. The average molecular weight is 667 g/mol. The van der Waals surface area contributed by atoms with E-state index in [1.54, 1.807) is 7.11 Å². The number of carbonyl (C=O) groups is 1. The summed E-state index contributed by atoms with van der Waals surface area (Å²) in [6.45, 7) is 16.0. The fourth-order valence-corrected chi connectivity index (χ4v) is 11.4. The van der Waals surface area contributed by atoms with Gasteiger partial charge in [-0.15, -0.1) is 0 Å². The fraction of sp³-hybridized carbons (Fsp3) is 0.769. The lowest BCUT2D eigenvalue weighted by Crippen LogP contribution is -2.67. The molecule has 266 valence electrons. The lowest BCUT2D eigenvalue weighted by atomic mass is 9.42. The Kier molecular flexibility index (Phi) is 8.86. The molecule has 0 aromatic heterocycles. The maximum atomic E-state index is 13.7. The number of hydrogen-bond donors (Lipinski definition) is 1. The third kappa shape index (κ3) is 6.38. The van der Waals surface area contributed by atoms with Crippen molar-refractivity contribution in [2.45, 2.75) is 121 Å². The molecule has 2 aliphatic heterocycles. The molecule has 1 aromatic rings. The topological polar surface area (TPSA) is 89.9 Å². The molecule has 9 nitrogen and oxygen atoms in total. The molecule has 2 heterocycles. The number of amides is 1. The van der Waals surface area contributed by atoms with Gasteiger partial charge < -0.3 is 33.7 Å². The summed E-state index contributed by atoms with van der Waals surface area (Å²) in [5.41, 5.74) is 2.18. The van der Waals surface area contributed by atoms with E-state index < -0.39 is 11.7 Å². The number of aliphatic hydroxyl groups is 1. The number of methoxy groups -OCH3 is 1. The first kappa shape index (κ1) is 34.1. The quantitative estimate of drug-likeness (QED) is 0.219. The fourth-order valence-electron chi connectivity index (χ4n) is 11.4. The number of nitrogens with zero attached hydrogens (tertiary/aromatic N) is 2. The molecule has 4 saturated carbocycles. The van der Waals surface area contributed by atoms with E-state index in [0.29, 0.717) is 56.1 Å². The van der Waals surface area contributed by atoms with Gasteiger partial charge in [-0.05, 0) is 101 Å². The maximum absolute atomic E-state index is 13.7. The Hall–Kier alpha value is -2.33. The zero-order chi connectivity index (χ0) is 34.0. The standard InChI is InChI=1S/C39H58N2O7/c1-35(2,3)48-34(43)41(38-22-27-20-36(4,25-38)24-37(5,21-27)26-38)14-16-46-18-17-45-15-13-40-12-11-39-10-9-29(42)19-31(39)47-33-30(44-6)8-7-28(23-40)32(33)39/h7-10,27,29,31,42H,11-26H2,1-6H3/t27?,29-,31-,36-,37+,38?,39-/m0/s1. The van der Waals surface area contributed by atoms with Crippen LogP contribution in [-0.4, -0.2) is 97.5 Å². The molecule has 8 rings (SSSR count). The summed E-state index contributed by atoms with van der Waals surface area (Å²) in [5.74, 6) is 2.29. The van der Waals surface area contributed by atoms with Gasteiger partial charge in [0.05, 0.1) is 45.1 Å². The molecule has 9 heteroatoms. The van der Waals surface area contributed by atoms with Crippen molar-refractivity contribution < 1.29 is 33.6 Å². The second kappa shape index (κ2) is 12.5. The summed E-state index contributed by atoms with van der Waals surface area (Å²) in [7, 11) is 1.69. The first-order chi connectivity index (χ1) is 22.7. The molecule has 4 fully saturated rings. The van der Waals surface area contributed by atoms with Gasteiger partial charge in [0, 0.05) is 37.2 Å². The number of ether oxygens (including phenoxy) is 5. The Morgan fingerprint density at radius 3 is 2.46 bits per heavy atom. The largest absolute Gasteiger partial charge is 0.493 e. The Balaban J connectivity index is 0.908. The predicted molar refractivity (Wildman–Crippen MR) is 183 cm³/mol. The molecule has 7 atom stereocenters. The molecule has 1 amide bonds. The number of aliphatic hydroxyl groups excluding tert-OH is 1. The van der Waals surface area contributed by atoms with Crippen LogP contribution in [0.3, 0.4) is 0 Å². The van der Waals surface area contributed by atoms with Crippen molar-refractivity contribution in [2.75, 3.05) is 53.2 Å². The summed E-state index contributed by atoms with van der Waals surface area (Å²) in [4.78, 5) is 18.2. The minimum absolute atomic E-state index is 0.0868. The Morgan fingerprint density at radius 2 is 1.77 bits per heavy atom. The van der Waals surface area contributed by atoms with Crippen LogP contribution in [-0.2, 0) is 26.2 Å². The number of carbonyl (C=O) groups excluding carboxylic acids is 1. The van der Waals surface area contributed by atoms with Gasteiger partial charge >= 0.3 is 6.09 Å². The molecule has 0 radical (unpaired) electrons. The highest BCUT2D eigenvalue weighted by Crippen LogP contribution is 2.67. The van der Waals surface area contributed by atoms with Crippen LogP contribution in [0.1, 0.15) is 97.1 Å². The van der Waals surface area contributed by atoms with Crippen molar-refractivity contribution in [3.05, 3.63) is 35.4 Å². The van der Waals surface area contributed by atoms with E-state index in [2.05, 4.69) is 35.8 Å². The van der Waals surface area contributed by atoms with Crippen LogP contribution in [0.4, 0.5) is 4.79 Å². The molecule has 1 N–H and O–H groups in total. The summed E-state index contributed by atoms with van der Waals surface area (Å²) in [6.07, 6.45) is 11.9. The van der Waals surface area contributed by atoms with E-state index in [-0.39, 0.29) is 23.2 Å². The minimum Gasteiger partial charge on any atom is -0.493 e. The first-order valence-electron chi connectivity index (χ1n) is 18.4. The van der Waals surface area contributed by atoms with Crippen LogP contribution >= 0.6 is 0 Å². The molecule has 1 aromatic carbocycles. The van der Waals surface area contributed by atoms with E-state index in [9.17, 15) is 9.90 Å². The van der Waals surface area contributed by atoms with Gasteiger partial charge in [0.15, 0.2) is 11.5 Å². The van der Waals surface area contributed by atoms with Gasteiger partial charge in [-0.1, -0.05) is 32.1 Å². The highest BCUT2D eigenvalue weighted by Gasteiger charge is 2.63. The van der Waals surface area contributed by atoms with Crippen molar-refractivity contribution in [1.82, 2.24) is 9.80 Å². The number of rotatable bonds is 11. The maximum Gasteiger partial charge on any atom is 0.410 e. The third-order valence-electron chi connectivity index (χ3n) is 12.2. The van der Waals surface area contributed by atoms with Crippen LogP contribution in [0.5, 0.6) is 11.5 Å². The molecule has 48 heavy (non-hydrogen) atoms. The molecule has 4 bridgehead atoms. The van der Waals surface area contributed by atoms with Crippen LogP contribution in [0, 0.1) is 16.7 Å². The average Bonchev–Trinajstić information content (AvgIpc) is 3.21.